The largest absolute Gasteiger partial charge is 0.345 e. The molecular formula is C15H13ClN4O2. The van der Waals surface area contributed by atoms with Crippen molar-refractivity contribution >= 4 is 23.2 Å². The summed E-state index contributed by atoms with van der Waals surface area (Å²) in [5.41, 5.74) is 2.23. The molecule has 0 aliphatic carbocycles. The maximum atomic E-state index is 12.1. The van der Waals surface area contributed by atoms with Gasteiger partial charge in [-0.05, 0) is 32.0 Å². The first-order valence-electron chi connectivity index (χ1n) is 6.46. The molecule has 1 aromatic carbocycles. The number of hydrogen-bond acceptors (Lipinski definition) is 4. The number of aromatic nitrogens is 2. The molecule has 0 saturated heterocycles. The van der Waals surface area contributed by atoms with Crippen molar-refractivity contribution in [2.75, 3.05) is 5.32 Å². The van der Waals surface area contributed by atoms with Crippen LogP contribution >= 0.6 is 11.6 Å². The smallest absolute Gasteiger partial charge is 0.326 e. The molecule has 1 amide bonds. The standard InChI is InChI=1S/C15H13ClN4O2/c1-8-12(9(2)19-15(22)18-8)6-14(21)20-11-4-3-10(7-17)13(16)5-11/h3-5H,6H2,1-2H3,(H,20,21)(H,18,19,22). The van der Waals surface area contributed by atoms with Gasteiger partial charge in [0.25, 0.3) is 0 Å². The lowest BCUT2D eigenvalue weighted by molar-refractivity contribution is -0.115. The van der Waals surface area contributed by atoms with Crippen LogP contribution in [0.15, 0.2) is 23.0 Å². The van der Waals surface area contributed by atoms with Crippen molar-refractivity contribution in [2.24, 2.45) is 0 Å². The van der Waals surface area contributed by atoms with Gasteiger partial charge in [0.05, 0.1) is 17.0 Å². The van der Waals surface area contributed by atoms with Crippen LogP contribution in [0.25, 0.3) is 0 Å². The number of hydrogen-bond donors (Lipinski definition) is 2. The van der Waals surface area contributed by atoms with E-state index in [1.54, 1.807) is 19.9 Å². The second-order valence-electron chi connectivity index (χ2n) is 4.76. The number of nitrogens with zero attached hydrogens (tertiary/aromatic N) is 2. The molecule has 22 heavy (non-hydrogen) atoms. The van der Waals surface area contributed by atoms with E-state index in [4.69, 9.17) is 16.9 Å². The number of carbonyl (C=O) groups excluding carboxylic acids is 1. The molecule has 2 N–H and O–H groups in total. The molecule has 0 fully saturated rings. The fourth-order valence-corrected chi connectivity index (χ4v) is 2.29. The molecule has 0 unspecified atom stereocenters. The van der Waals surface area contributed by atoms with E-state index in [0.29, 0.717) is 28.2 Å². The number of amides is 1. The van der Waals surface area contributed by atoms with E-state index in [1.807, 2.05) is 6.07 Å². The highest BCUT2D eigenvalue weighted by molar-refractivity contribution is 6.32. The normalized spacial score (nSPS) is 10.1. The third-order valence-electron chi connectivity index (χ3n) is 3.16. The quantitative estimate of drug-likeness (QED) is 0.905. The van der Waals surface area contributed by atoms with Crippen LogP contribution in [0.5, 0.6) is 0 Å². The monoisotopic (exact) mass is 316 g/mol. The molecule has 0 bridgehead atoms. The maximum Gasteiger partial charge on any atom is 0.345 e. The number of aromatic amines is 1. The number of carbonyl (C=O) groups is 1. The van der Waals surface area contributed by atoms with Crippen molar-refractivity contribution in [1.82, 2.24) is 9.97 Å². The van der Waals surface area contributed by atoms with Crippen LogP contribution in [0.2, 0.25) is 5.02 Å². The van der Waals surface area contributed by atoms with Crippen molar-refractivity contribution in [3.63, 3.8) is 0 Å². The minimum Gasteiger partial charge on any atom is -0.326 e. The molecule has 0 radical (unpaired) electrons. The predicted octanol–water partition coefficient (Wildman–Crippen LogP) is 2.09. The minimum absolute atomic E-state index is 0.0824. The van der Waals surface area contributed by atoms with E-state index in [0.717, 1.165) is 0 Å². The van der Waals surface area contributed by atoms with Crippen LogP contribution in [-0.2, 0) is 11.2 Å². The Kier molecular flexibility index (Phi) is 4.59. The van der Waals surface area contributed by atoms with Gasteiger partial charge in [-0.1, -0.05) is 11.6 Å². The molecule has 1 aromatic heterocycles. The molecule has 0 saturated carbocycles. The average Bonchev–Trinajstić information content (AvgIpc) is 2.43. The number of nitrogens with one attached hydrogen (secondary N) is 2. The molecule has 0 aliphatic rings. The Bertz CT molecular complexity index is 810. The first-order chi connectivity index (χ1) is 10.4. The van der Waals surface area contributed by atoms with E-state index in [-0.39, 0.29) is 17.4 Å². The lowest BCUT2D eigenvalue weighted by Gasteiger charge is -2.09. The summed E-state index contributed by atoms with van der Waals surface area (Å²) in [5.74, 6) is -0.263. The van der Waals surface area contributed by atoms with Crippen LogP contribution in [0.1, 0.15) is 22.5 Å². The number of H-pyrrole nitrogens is 1. The van der Waals surface area contributed by atoms with Gasteiger partial charge in [0.1, 0.15) is 6.07 Å². The summed E-state index contributed by atoms with van der Waals surface area (Å²) in [6, 6.07) is 6.61. The highest BCUT2D eigenvalue weighted by atomic mass is 35.5. The van der Waals surface area contributed by atoms with Gasteiger partial charge in [-0.25, -0.2) is 4.79 Å². The second-order valence-corrected chi connectivity index (χ2v) is 5.17. The first-order valence-corrected chi connectivity index (χ1v) is 6.84. The topological polar surface area (TPSA) is 98.6 Å². The van der Waals surface area contributed by atoms with Gasteiger partial charge in [-0.2, -0.15) is 10.2 Å². The molecule has 112 valence electrons. The number of rotatable bonds is 3. The summed E-state index contributed by atoms with van der Waals surface area (Å²) in [5, 5.41) is 11.8. The zero-order chi connectivity index (χ0) is 16.3. The average molecular weight is 317 g/mol. The van der Waals surface area contributed by atoms with E-state index >= 15 is 0 Å². The van der Waals surface area contributed by atoms with Gasteiger partial charge in [0, 0.05) is 22.6 Å². The zero-order valence-electron chi connectivity index (χ0n) is 12.0. The Morgan fingerprint density at radius 2 is 2.18 bits per heavy atom. The number of anilines is 1. The summed E-state index contributed by atoms with van der Waals surface area (Å²) >= 11 is 5.92. The zero-order valence-corrected chi connectivity index (χ0v) is 12.8. The Labute approximate surface area is 131 Å². The van der Waals surface area contributed by atoms with E-state index in [9.17, 15) is 9.59 Å². The lowest BCUT2D eigenvalue weighted by atomic mass is 10.1. The van der Waals surface area contributed by atoms with Crippen molar-refractivity contribution in [3.05, 3.63) is 56.2 Å². The van der Waals surface area contributed by atoms with Crippen LogP contribution in [0.4, 0.5) is 5.69 Å². The van der Waals surface area contributed by atoms with Crippen molar-refractivity contribution in [2.45, 2.75) is 20.3 Å². The molecular weight excluding hydrogens is 304 g/mol. The Morgan fingerprint density at radius 1 is 1.45 bits per heavy atom. The van der Waals surface area contributed by atoms with Gasteiger partial charge in [-0.15, -0.1) is 0 Å². The van der Waals surface area contributed by atoms with E-state index < -0.39 is 5.69 Å². The van der Waals surface area contributed by atoms with Crippen LogP contribution in [0, 0.1) is 25.2 Å². The van der Waals surface area contributed by atoms with Crippen LogP contribution < -0.4 is 11.0 Å². The molecule has 0 aliphatic heterocycles. The number of nitriles is 1. The van der Waals surface area contributed by atoms with Crippen molar-refractivity contribution < 1.29 is 4.79 Å². The Morgan fingerprint density at radius 3 is 2.77 bits per heavy atom. The van der Waals surface area contributed by atoms with Gasteiger partial charge < -0.3 is 10.3 Å². The fraction of sp³-hybridized carbons (Fsp3) is 0.200. The Balaban J connectivity index is 2.16. The second kappa shape index (κ2) is 6.41. The molecule has 7 heteroatoms. The molecule has 6 nitrogen and oxygen atoms in total. The van der Waals surface area contributed by atoms with Crippen LogP contribution in [-0.4, -0.2) is 15.9 Å². The first kappa shape index (κ1) is 15.7. The van der Waals surface area contributed by atoms with E-state index in [1.165, 1.54) is 12.1 Å². The number of benzene rings is 1. The minimum atomic E-state index is -0.432. The number of aryl methyl sites for hydroxylation is 2. The van der Waals surface area contributed by atoms with E-state index in [2.05, 4.69) is 15.3 Å². The van der Waals surface area contributed by atoms with Crippen molar-refractivity contribution in [1.29, 1.82) is 5.26 Å². The number of halogens is 1. The summed E-state index contributed by atoms with van der Waals surface area (Å²) in [7, 11) is 0. The summed E-state index contributed by atoms with van der Waals surface area (Å²) in [4.78, 5) is 29.7. The summed E-state index contributed by atoms with van der Waals surface area (Å²) in [6.45, 7) is 3.40. The van der Waals surface area contributed by atoms with Crippen molar-refractivity contribution in [3.8, 4) is 6.07 Å². The highest BCUT2D eigenvalue weighted by Crippen LogP contribution is 2.20. The van der Waals surface area contributed by atoms with Gasteiger partial charge in [0.15, 0.2) is 0 Å². The summed E-state index contributed by atoms with van der Waals surface area (Å²) in [6.07, 6.45) is 0.0824. The third kappa shape index (κ3) is 3.51. The highest BCUT2D eigenvalue weighted by Gasteiger charge is 2.12. The SMILES string of the molecule is Cc1nc(=O)[nH]c(C)c1CC(=O)Nc1ccc(C#N)c(Cl)c1. The maximum absolute atomic E-state index is 12.1. The lowest BCUT2D eigenvalue weighted by Crippen LogP contribution is -2.21. The van der Waals surface area contributed by atoms with Gasteiger partial charge in [0.2, 0.25) is 5.91 Å². The molecule has 2 rings (SSSR count). The summed E-state index contributed by atoms with van der Waals surface area (Å²) < 4.78 is 0. The molecule has 1 heterocycles. The Hall–Kier alpha value is -2.65. The molecule has 0 atom stereocenters. The molecule has 0 spiro atoms. The predicted molar refractivity (Wildman–Crippen MR) is 82.8 cm³/mol. The van der Waals surface area contributed by atoms with Gasteiger partial charge in [-0.3, -0.25) is 4.79 Å². The van der Waals surface area contributed by atoms with Crippen LogP contribution in [0.3, 0.4) is 0 Å². The third-order valence-corrected chi connectivity index (χ3v) is 3.48. The molecule has 2 aromatic rings. The fourth-order valence-electron chi connectivity index (χ4n) is 2.06. The van der Waals surface area contributed by atoms with Gasteiger partial charge >= 0.3 is 5.69 Å².